The standard InChI is InChI=1S/C12H22N2OS/c1-4-9(5-2)8(3)14-11(15)12(6-7-12)10(13)16/h8-9H,4-7H2,1-3H3,(H2,13,16)(H,14,15). The Labute approximate surface area is 103 Å². The van der Waals surface area contributed by atoms with Crippen molar-refractivity contribution >= 4 is 23.1 Å². The van der Waals surface area contributed by atoms with Crippen molar-refractivity contribution in [3.63, 3.8) is 0 Å². The van der Waals surface area contributed by atoms with Crippen molar-refractivity contribution in [2.75, 3.05) is 0 Å². The quantitative estimate of drug-likeness (QED) is 0.700. The molecule has 1 aliphatic carbocycles. The fourth-order valence-corrected chi connectivity index (χ4v) is 2.47. The molecule has 0 aromatic carbocycles. The highest BCUT2D eigenvalue weighted by atomic mass is 32.1. The van der Waals surface area contributed by atoms with E-state index in [9.17, 15) is 4.79 Å². The van der Waals surface area contributed by atoms with Crippen LogP contribution in [0.2, 0.25) is 0 Å². The molecule has 0 aromatic heterocycles. The van der Waals surface area contributed by atoms with Crippen LogP contribution >= 0.6 is 12.2 Å². The van der Waals surface area contributed by atoms with Gasteiger partial charge in [-0.25, -0.2) is 0 Å². The Morgan fingerprint density at radius 1 is 1.44 bits per heavy atom. The lowest BCUT2D eigenvalue weighted by molar-refractivity contribution is -0.125. The van der Waals surface area contributed by atoms with Crippen molar-refractivity contribution < 1.29 is 4.79 Å². The fourth-order valence-electron chi connectivity index (χ4n) is 2.17. The zero-order chi connectivity index (χ0) is 12.3. The van der Waals surface area contributed by atoms with E-state index in [2.05, 4.69) is 26.1 Å². The molecule has 0 saturated heterocycles. The average molecular weight is 242 g/mol. The first kappa shape index (κ1) is 13.4. The number of hydrogen-bond donors (Lipinski definition) is 2. The number of nitrogens with one attached hydrogen (secondary N) is 1. The van der Waals surface area contributed by atoms with Gasteiger partial charge in [-0.2, -0.15) is 0 Å². The molecule has 0 spiro atoms. The van der Waals surface area contributed by atoms with E-state index in [0.717, 1.165) is 25.7 Å². The highest BCUT2D eigenvalue weighted by molar-refractivity contribution is 7.80. The third-order valence-corrected chi connectivity index (χ3v) is 4.16. The van der Waals surface area contributed by atoms with Gasteiger partial charge >= 0.3 is 0 Å². The Hall–Kier alpha value is -0.640. The zero-order valence-electron chi connectivity index (χ0n) is 10.4. The van der Waals surface area contributed by atoms with E-state index in [0.29, 0.717) is 10.9 Å². The number of rotatable bonds is 6. The van der Waals surface area contributed by atoms with E-state index in [1.54, 1.807) is 0 Å². The summed E-state index contributed by atoms with van der Waals surface area (Å²) in [6.07, 6.45) is 3.78. The van der Waals surface area contributed by atoms with E-state index >= 15 is 0 Å². The van der Waals surface area contributed by atoms with Gasteiger partial charge in [0, 0.05) is 6.04 Å². The van der Waals surface area contributed by atoms with Crippen LogP contribution in [0.5, 0.6) is 0 Å². The summed E-state index contributed by atoms with van der Waals surface area (Å²) in [7, 11) is 0. The molecule has 1 rings (SSSR count). The molecule has 1 atom stereocenters. The van der Waals surface area contributed by atoms with Gasteiger partial charge < -0.3 is 11.1 Å². The molecule has 0 aliphatic heterocycles. The maximum Gasteiger partial charge on any atom is 0.233 e. The van der Waals surface area contributed by atoms with Gasteiger partial charge in [-0.1, -0.05) is 38.9 Å². The Morgan fingerprint density at radius 3 is 2.25 bits per heavy atom. The molecule has 1 fully saturated rings. The second kappa shape index (κ2) is 5.13. The first-order valence-electron chi connectivity index (χ1n) is 6.08. The molecule has 1 saturated carbocycles. The van der Waals surface area contributed by atoms with Gasteiger partial charge in [0.15, 0.2) is 0 Å². The molecular weight excluding hydrogens is 220 g/mol. The van der Waals surface area contributed by atoms with Crippen molar-refractivity contribution in [2.45, 2.75) is 52.5 Å². The fraction of sp³-hybridized carbons (Fsp3) is 0.833. The van der Waals surface area contributed by atoms with Crippen molar-refractivity contribution in [3.05, 3.63) is 0 Å². The molecule has 0 bridgehead atoms. The maximum atomic E-state index is 12.0. The highest BCUT2D eigenvalue weighted by Crippen LogP contribution is 2.46. The summed E-state index contributed by atoms with van der Waals surface area (Å²) in [5.74, 6) is 0.561. The molecule has 4 heteroatoms. The number of hydrogen-bond acceptors (Lipinski definition) is 2. The van der Waals surface area contributed by atoms with Crippen LogP contribution in [0.3, 0.4) is 0 Å². The third-order valence-electron chi connectivity index (χ3n) is 3.77. The van der Waals surface area contributed by atoms with Crippen LogP contribution in [0, 0.1) is 11.3 Å². The summed E-state index contributed by atoms with van der Waals surface area (Å²) < 4.78 is 0. The number of thiocarbonyl (C=S) groups is 1. The molecule has 0 radical (unpaired) electrons. The minimum absolute atomic E-state index is 0.0272. The molecule has 16 heavy (non-hydrogen) atoms. The minimum Gasteiger partial charge on any atom is -0.392 e. The number of carbonyl (C=O) groups is 1. The SMILES string of the molecule is CCC(CC)C(C)NC(=O)C1(C(N)=S)CC1. The normalized spacial score (nSPS) is 19.2. The summed E-state index contributed by atoms with van der Waals surface area (Å²) in [6.45, 7) is 6.36. The van der Waals surface area contributed by atoms with Crippen LogP contribution in [-0.2, 0) is 4.79 Å². The van der Waals surface area contributed by atoms with Gasteiger partial charge in [0.25, 0.3) is 0 Å². The second-order valence-corrected chi connectivity index (χ2v) is 5.22. The predicted molar refractivity (Wildman–Crippen MR) is 70.1 cm³/mol. The number of nitrogens with two attached hydrogens (primary N) is 1. The minimum atomic E-state index is -0.518. The molecule has 1 aliphatic rings. The van der Waals surface area contributed by atoms with Crippen molar-refractivity contribution in [3.8, 4) is 0 Å². The van der Waals surface area contributed by atoms with Crippen LogP contribution in [0.1, 0.15) is 46.5 Å². The molecule has 0 aromatic rings. The van der Waals surface area contributed by atoms with Crippen LogP contribution in [-0.4, -0.2) is 16.9 Å². The summed E-state index contributed by atoms with van der Waals surface area (Å²) in [5.41, 5.74) is 5.10. The molecule has 0 heterocycles. The summed E-state index contributed by atoms with van der Waals surface area (Å²) in [5, 5.41) is 3.06. The predicted octanol–water partition coefficient (Wildman–Crippen LogP) is 1.99. The third kappa shape index (κ3) is 2.54. The maximum absolute atomic E-state index is 12.0. The molecule has 1 unspecified atom stereocenters. The molecule has 3 nitrogen and oxygen atoms in total. The largest absolute Gasteiger partial charge is 0.392 e. The number of amides is 1. The average Bonchev–Trinajstić information content (AvgIpc) is 2.99. The Balaban J connectivity index is 2.55. The summed E-state index contributed by atoms with van der Waals surface area (Å²) in [6, 6.07) is 0.203. The first-order valence-corrected chi connectivity index (χ1v) is 6.49. The van der Waals surface area contributed by atoms with Gasteiger partial charge in [0.05, 0.1) is 10.4 Å². The van der Waals surface area contributed by atoms with Crippen LogP contribution in [0.15, 0.2) is 0 Å². The van der Waals surface area contributed by atoms with Crippen LogP contribution in [0.4, 0.5) is 0 Å². The van der Waals surface area contributed by atoms with Gasteiger partial charge in [0.2, 0.25) is 5.91 Å². The first-order chi connectivity index (χ1) is 7.47. The van der Waals surface area contributed by atoms with Crippen LogP contribution in [0.25, 0.3) is 0 Å². The molecule has 3 N–H and O–H groups in total. The van der Waals surface area contributed by atoms with Gasteiger partial charge in [0.1, 0.15) is 0 Å². The van der Waals surface area contributed by atoms with Crippen molar-refractivity contribution in [1.29, 1.82) is 0 Å². The summed E-state index contributed by atoms with van der Waals surface area (Å²) in [4.78, 5) is 12.4. The summed E-state index contributed by atoms with van der Waals surface area (Å²) >= 11 is 4.96. The van der Waals surface area contributed by atoms with E-state index < -0.39 is 5.41 Å². The van der Waals surface area contributed by atoms with Gasteiger partial charge in [-0.3, -0.25) is 4.79 Å². The van der Waals surface area contributed by atoms with E-state index in [4.69, 9.17) is 18.0 Å². The van der Waals surface area contributed by atoms with Crippen molar-refractivity contribution in [2.24, 2.45) is 17.1 Å². The highest BCUT2D eigenvalue weighted by Gasteiger charge is 2.53. The zero-order valence-corrected chi connectivity index (χ0v) is 11.2. The van der Waals surface area contributed by atoms with E-state index in [-0.39, 0.29) is 11.9 Å². The van der Waals surface area contributed by atoms with E-state index in [1.807, 2.05) is 0 Å². The Bertz CT molecular complexity index is 283. The lowest BCUT2D eigenvalue weighted by atomic mass is 9.94. The lowest BCUT2D eigenvalue weighted by Crippen LogP contribution is -2.45. The van der Waals surface area contributed by atoms with Crippen molar-refractivity contribution in [1.82, 2.24) is 5.32 Å². The Kier molecular flexibility index (Phi) is 4.30. The number of carbonyl (C=O) groups excluding carboxylic acids is 1. The van der Waals surface area contributed by atoms with Gasteiger partial charge in [-0.15, -0.1) is 0 Å². The topological polar surface area (TPSA) is 55.1 Å². The Morgan fingerprint density at radius 2 is 1.94 bits per heavy atom. The van der Waals surface area contributed by atoms with Crippen LogP contribution < -0.4 is 11.1 Å². The smallest absolute Gasteiger partial charge is 0.233 e. The monoisotopic (exact) mass is 242 g/mol. The molecular formula is C12H22N2OS. The van der Waals surface area contributed by atoms with Gasteiger partial charge in [-0.05, 0) is 25.7 Å². The van der Waals surface area contributed by atoms with E-state index in [1.165, 1.54) is 0 Å². The molecule has 1 amide bonds. The molecule has 92 valence electrons. The second-order valence-electron chi connectivity index (χ2n) is 4.79. The lowest BCUT2D eigenvalue weighted by Gasteiger charge is -2.24.